The number of nitrogens with one attached hydrogen (secondary N) is 1. The lowest BCUT2D eigenvalue weighted by molar-refractivity contribution is 0.0529. The van der Waals surface area contributed by atoms with Crippen LogP contribution >= 0.6 is 0 Å². The molecule has 1 rings (SSSR count). The highest BCUT2D eigenvalue weighted by molar-refractivity contribution is 5.67. The monoisotopic (exact) mass is 290 g/mol. The van der Waals surface area contributed by atoms with Gasteiger partial charge < -0.3 is 15.0 Å². The summed E-state index contributed by atoms with van der Waals surface area (Å²) in [6.45, 7) is 6.12. The van der Waals surface area contributed by atoms with Gasteiger partial charge in [0.05, 0.1) is 0 Å². The number of alkyl carbamates (subject to hydrolysis) is 1. The van der Waals surface area contributed by atoms with Crippen LogP contribution in [-0.2, 0) is 4.74 Å². The van der Waals surface area contributed by atoms with E-state index in [1.165, 1.54) is 5.69 Å². The highest BCUT2D eigenvalue weighted by Gasteiger charge is 2.15. The van der Waals surface area contributed by atoms with Crippen molar-refractivity contribution < 1.29 is 9.53 Å². The van der Waals surface area contributed by atoms with E-state index in [-0.39, 0.29) is 6.09 Å². The number of hydrogen-bond acceptors (Lipinski definition) is 3. The van der Waals surface area contributed by atoms with E-state index < -0.39 is 5.60 Å². The lowest BCUT2D eigenvalue weighted by Crippen LogP contribution is -2.32. The fourth-order valence-electron chi connectivity index (χ4n) is 1.70. The van der Waals surface area contributed by atoms with Crippen LogP contribution in [0.15, 0.2) is 30.3 Å². The zero-order valence-corrected chi connectivity index (χ0v) is 13.6. The second kappa shape index (κ2) is 7.72. The summed E-state index contributed by atoms with van der Waals surface area (Å²) in [5.41, 5.74) is 1.87. The molecule has 0 fully saturated rings. The molecule has 21 heavy (non-hydrogen) atoms. The molecule has 1 N–H and O–H groups in total. The second-order valence-corrected chi connectivity index (χ2v) is 6.11. The number of carbonyl (C=O) groups is 1. The molecule has 0 unspecified atom stereocenters. The van der Waals surface area contributed by atoms with Crippen molar-refractivity contribution >= 4 is 17.9 Å². The number of hydrogen-bond donors (Lipinski definition) is 1. The maximum atomic E-state index is 11.4. The lowest BCUT2D eigenvalue weighted by Gasteiger charge is -2.19. The quantitative estimate of drug-likeness (QED) is 0.841. The van der Waals surface area contributed by atoms with Gasteiger partial charge in [-0.3, -0.25) is 0 Å². The first-order valence-corrected chi connectivity index (χ1v) is 7.19. The number of nitrogens with zero attached hydrogens (tertiary/aromatic N) is 1. The van der Waals surface area contributed by atoms with Crippen LogP contribution in [0.25, 0.3) is 6.08 Å². The Kier molecular flexibility index (Phi) is 6.28. The number of ether oxygens (including phenoxy) is 1. The smallest absolute Gasteiger partial charge is 0.407 e. The van der Waals surface area contributed by atoms with Gasteiger partial charge in [0, 0.05) is 26.3 Å². The number of benzene rings is 1. The zero-order valence-electron chi connectivity index (χ0n) is 13.6. The number of anilines is 1. The van der Waals surface area contributed by atoms with Gasteiger partial charge in [-0.25, -0.2) is 4.79 Å². The first-order valence-electron chi connectivity index (χ1n) is 7.19. The third-order valence-electron chi connectivity index (χ3n) is 2.68. The summed E-state index contributed by atoms with van der Waals surface area (Å²) in [5, 5.41) is 2.73. The molecule has 116 valence electrons. The van der Waals surface area contributed by atoms with Crippen LogP contribution in [0, 0.1) is 0 Å². The minimum atomic E-state index is -0.452. The molecule has 0 radical (unpaired) electrons. The Bertz CT molecular complexity index is 488. The summed E-state index contributed by atoms with van der Waals surface area (Å²) in [6, 6.07) is 8.29. The van der Waals surface area contributed by atoms with E-state index >= 15 is 0 Å². The van der Waals surface area contributed by atoms with Crippen molar-refractivity contribution in [3.05, 3.63) is 35.9 Å². The first-order chi connectivity index (χ1) is 9.78. The first kappa shape index (κ1) is 17.1. The minimum absolute atomic E-state index is 0.370. The van der Waals surface area contributed by atoms with Crippen molar-refractivity contribution in [3.63, 3.8) is 0 Å². The van der Waals surface area contributed by atoms with E-state index in [2.05, 4.69) is 34.5 Å². The van der Waals surface area contributed by atoms with E-state index in [1.54, 1.807) is 0 Å². The van der Waals surface area contributed by atoms with Crippen LogP contribution in [0.4, 0.5) is 10.5 Å². The minimum Gasteiger partial charge on any atom is -0.444 e. The van der Waals surface area contributed by atoms with Crippen molar-refractivity contribution in [2.24, 2.45) is 0 Å². The molecule has 1 amide bonds. The standard InChI is InChI=1S/C17H26N2O2/c1-17(2,3)21-16(20)18-12-7-6-9-14-10-8-11-15(13-14)19(4)5/h6,8-11,13H,7,12H2,1-5H3,(H,18,20). The van der Waals surface area contributed by atoms with Gasteiger partial charge in [0.1, 0.15) is 5.60 Å². The molecule has 0 aliphatic rings. The molecule has 1 aromatic rings. The number of carbonyl (C=O) groups excluding carboxylic acids is 1. The fraction of sp³-hybridized carbons (Fsp3) is 0.471. The molecule has 0 aliphatic heterocycles. The molecule has 1 aromatic carbocycles. The van der Waals surface area contributed by atoms with Crippen LogP contribution in [-0.4, -0.2) is 32.3 Å². The third-order valence-corrected chi connectivity index (χ3v) is 2.68. The van der Waals surface area contributed by atoms with Crippen molar-refractivity contribution in [2.45, 2.75) is 32.8 Å². The van der Waals surface area contributed by atoms with Gasteiger partial charge in [-0.1, -0.05) is 24.3 Å². The summed E-state index contributed by atoms with van der Waals surface area (Å²) in [6.07, 6.45) is 4.51. The van der Waals surface area contributed by atoms with Gasteiger partial charge in [-0.2, -0.15) is 0 Å². The Balaban J connectivity index is 2.35. The van der Waals surface area contributed by atoms with Gasteiger partial charge in [0.2, 0.25) is 0 Å². The molecular formula is C17H26N2O2. The highest BCUT2D eigenvalue weighted by atomic mass is 16.6. The van der Waals surface area contributed by atoms with E-state index in [0.29, 0.717) is 6.54 Å². The van der Waals surface area contributed by atoms with Crippen LogP contribution in [0.3, 0.4) is 0 Å². The Hall–Kier alpha value is -1.97. The summed E-state index contributed by atoms with van der Waals surface area (Å²) in [5.74, 6) is 0. The van der Waals surface area contributed by atoms with E-state index in [9.17, 15) is 4.79 Å². The SMILES string of the molecule is CN(C)c1cccc(C=CCCNC(=O)OC(C)(C)C)c1. The molecule has 0 saturated carbocycles. The predicted molar refractivity (Wildman–Crippen MR) is 88.7 cm³/mol. The van der Waals surface area contributed by atoms with E-state index in [1.807, 2.05) is 47.0 Å². The second-order valence-electron chi connectivity index (χ2n) is 6.11. The topological polar surface area (TPSA) is 41.6 Å². The van der Waals surface area contributed by atoms with Gasteiger partial charge >= 0.3 is 6.09 Å². The molecule has 0 atom stereocenters. The molecule has 4 heteroatoms. The van der Waals surface area contributed by atoms with Crippen molar-refractivity contribution in [3.8, 4) is 0 Å². The van der Waals surface area contributed by atoms with Crippen LogP contribution < -0.4 is 10.2 Å². The maximum absolute atomic E-state index is 11.4. The summed E-state index contributed by atoms with van der Waals surface area (Å²) in [4.78, 5) is 13.5. The number of amides is 1. The van der Waals surface area contributed by atoms with Gasteiger partial charge in [0.25, 0.3) is 0 Å². The Morgan fingerprint density at radius 1 is 1.33 bits per heavy atom. The Morgan fingerprint density at radius 3 is 2.67 bits per heavy atom. The molecule has 0 spiro atoms. The molecular weight excluding hydrogens is 264 g/mol. The third kappa shape index (κ3) is 7.40. The van der Waals surface area contributed by atoms with Gasteiger partial charge in [-0.05, 0) is 44.9 Å². The van der Waals surface area contributed by atoms with Crippen LogP contribution in [0.1, 0.15) is 32.8 Å². The van der Waals surface area contributed by atoms with Crippen molar-refractivity contribution in [1.29, 1.82) is 0 Å². The fourth-order valence-corrected chi connectivity index (χ4v) is 1.70. The molecule has 0 heterocycles. The normalized spacial score (nSPS) is 11.5. The van der Waals surface area contributed by atoms with Crippen LogP contribution in [0.2, 0.25) is 0 Å². The largest absolute Gasteiger partial charge is 0.444 e. The zero-order chi connectivity index (χ0) is 15.9. The summed E-state index contributed by atoms with van der Waals surface area (Å²) >= 11 is 0. The molecule has 0 saturated heterocycles. The number of rotatable bonds is 5. The maximum Gasteiger partial charge on any atom is 0.407 e. The molecule has 4 nitrogen and oxygen atoms in total. The molecule has 0 aromatic heterocycles. The van der Waals surface area contributed by atoms with Gasteiger partial charge in [-0.15, -0.1) is 0 Å². The highest BCUT2D eigenvalue weighted by Crippen LogP contribution is 2.14. The van der Waals surface area contributed by atoms with Crippen LogP contribution in [0.5, 0.6) is 0 Å². The van der Waals surface area contributed by atoms with Crippen molar-refractivity contribution in [1.82, 2.24) is 5.32 Å². The summed E-state index contributed by atoms with van der Waals surface area (Å²) in [7, 11) is 4.04. The average Bonchev–Trinajstić information content (AvgIpc) is 2.36. The summed E-state index contributed by atoms with van der Waals surface area (Å²) < 4.78 is 5.16. The van der Waals surface area contributed by atoms with Gasteiger partial charge in [0.15, 0.2) is 0 Å². The van der Waals surface area contributed by atoms with E-state index in [4.69, 9.17) is 4.74 Å². The Morgan fingerprint density at radius 2 is 2.05 bits per heavy atom. The Labute approximate surface area is 127 Å². The molecule has 0 aliphatic carbocycles. The lowest BCUT2D eigenvalue weighted by atomic mass is 10.1. The molecule has 0 bridgehead atoms. The van der Waals surface area contributed by atoms with E-state index in [0.717, 1.165) is 12.0 Å². The average molecular weight is 290 g/mol. The van der Waals surface area contributed by atoms with Crippen molar-refractivity contribution in [2.75, 3.05) is 25.5 Å². The predicted octanol–water partition coefficient (Wildman–Crippen LogP) is 3.68.